The zero-order valence-corrected chi connectivity index (χ0v) is 11.6. The average molecular weight is 254 g/mol. The molecule has 2 aromatic rings. The fourth-order valence-electron chi connectivity index (χ4n) is 2.05. The summed E-state index contributed by atoms with van der Waals surface area (Å²) in [5, 5.41) is 7.95. The van der Waals surface area contributed by atoms with Crippen LogP contribution in [-0.2, 0) is 6.42 Å². The first kappa shape index (κ1) is 13.4. The Morgan fingerprint density at radius 3 is 2.42 bits per heavy atom. The van der Waals surface area contributed by atoms with E-state index in [1.54, 1.807) is 6.07 Å². The molecule has 0 bridgehead atoms. The quantitative estimate of drug-likeness (QED) is 0.786. The number of aromatic nitrogens is 2. The minimum absolute atomic E-state index is 0.0125. The molecule has 0 amide bonds. The van der Waals surface area contributed by atoms with E-state index in [1.807, 2.05) is 38.1 Å². The molecule has 0 unspecified atom stereocenters. The molecule has 3 heteroatoms. The number of aryl methyl sites for hydroxylation is 3. The van der Waals surface area contributed by atoms with Crippen molar-refractivity contribution in [2.45, 2.75) is 33.6 Å². The van der Waals surface area contributed by atoms with Gasteiger partial charge in [0, 0.05) is 11.1 Å². The second-order valence-electron chi connectivity index (χ2n) is 4.76. The molecule has 0 fully saturated rings. The van der Waals surface area contributed by atoms with Crippen LogP contribution in [0.1, 0.15) is 46.2 Å². The van der Waals surface area contributed by atoms with E-state index in [-0.39, 0.29) is 5.78 Å². The summed E-state index contributed by atoms with van der Waals surface area (Å²) in [5.41, 5.74) is 4.04. The Morgan fingerprint density at radius 1 is 1.11 bits per heavy atom. The lowest BCUT2D eigenvalue weighted by molar-refractivity contribution is 0.103. The molecular weight excluding hydrogens is 236 g/mol. The molecule has 98 valence electrons. The van der Waals surface area contributed by atoms with E-state index in [0.29, 0.717) is 16.8 Å². The third-order valence-electron chi connectivity index (χ3n) is 3.10. The summed E-state index contributed by atoms with van der Waals surface area (Å²) in [6, 6.07) is 9.62. The second-order valence-corrected chi connectivity index (χ2v) is 4.76. The number of hydrogen-bond donors (Lipinski definition) is 0. The van der Waals surface area contributed by atoms with Crippen LogP contribution >= 0.6 is 0 Å². The zero-order valence-electron chi connectivity index (χ0n) is 11.6. The number of ketones is 1. The van der Waals surface area contributed by atoms with Crippen LogP contribution in [-0.4, -0.2) is 16.0 Å². The van der Waals surface area contributed by atoms with Crippen molar-refractivity contribution < 1.29 is 4.79 Å². The summed E-state index contributed by atoms with van der Waals surface area (Å²) in [6.45, 7) is 5.80. The van der Waals surface area contributed by atoms with Gasteiger partial charge in [-0.05, 0) is 31.9 Å². The fourth-order valence-corrected chi connectivity index (χ4v) is 2.05. The molecule has 0 atom stereocenters. The van der Waals surface area contributed by atoms with Gasteiger partial charge in [0.25, 0.3) is 0 Å². The van der Waals surface area contributed by atoms with Gasteiger partial charge in [-0.15, -0.1) is 0 Å². The molecule has 1 aromatic carbocycles. The lowest BCUT2D eigenvalue weighted by atomic mass is 10.00. The van der Waals surface area contributed by atoms with Crippen LogP contribution in [0.4, 0.5) is 0 Å². The van der Waals surface area contributed by atoms with Gasteiger partial charge < -0.3 is 0 Å². The van der Waals surface area contributed by atoms with Crippen molar-refractivity contribution >= 4 is 5.78 Å². The number of hydrogen-bond acceptors (Lipinski definition) is 3. The molecule has 2 rings (SSSR count). The monoisotopic (exact) mass is 254 g/mol. The smallest absolute Gasteiger partial charge is 0.194 e. The lowest BCUT2D eigenvalue weighted by Crippen LogP contribution is -2.07. The van der Waals surface area contributed by atoms with E-state index >= 15 is 0 Å². The zero-order chi connectivity index (χ0) is 13.8. The van der Waals surface area contributed by atoms with Crippen LogP contribution in [0.15, 0.2) is 30.3 Å². The molecule has 1 heterocycles. The topological polar surface area (TPSA) is 42.9 Å². The first-order chi connectivity index (χ1) is 9.11. The summed E-state index contributed by atoms with van der Waals surface area (Å²) in [4.78, 5) is 12.4. The van der Waals surface area contributed by atoms with Crippen molar-refractivity contribution in [1.29, 1.82) is 0 Å². The number of nitrogens with zero attached hydrogens (tertiary/aromatic N) is 2. The molecule has 0 N–H and O–H groups in total. The van der Waals surface area contributed by atoms with Crippen LogP contribution in [0.3, 0.4) is 0 Å². The van der Waals surface area contributed by atoms with Crippen LogP contribution in [0.5, 0.6) is 0 Å². The summed E-state index contributed by atoms with van der Waals surface area (Å²) in [7, 11) is 0. The molecule has 3 nitrogen and oxygen atoms in total. The van der Waals surface area contributed by atoms with Crippen molar-refractivity contribution in [3.8, 4) is 0 Å². The van der Waals surface area contributed by atoms with Gasteiger partial charge in [-0.2, -0.15) is 10.2 Å². The van der Waals surface area contributed by atoms with Gasteiger partial charge in [0.05, 0.1) is 11.4 Å². The number of carbonyl (C=O) groups is 1. The van der Waals surface area contributed by atoms with Gasteiger partial charge in [-0.25, -0.2) is 0 Å². The first-order valence-electron chi connectivity index (χ1n) is 6.56. The number of rotatable bonds is 4. The maximum Gasteiger partial charge on any atom is 0.194 e. The minimum Gasteiger partial charge on any atom is -0.289 e. The third kappa shape index (κ3) is 3.05. The van der Waals surface area contributed by atoms with Crippen molar-refractivity contribution in [3.05, 3.63) is 58.4 Å². The molecule has 0 aliphatic carbocycles. The summed E-state index contributed by atoms with van der Waals surface area (Å²) >= 11 is 0. The van der Waals surface area contributed by atoms with Crippen molar-refractivity contribution in [1.82, 2.24) is 10.2 Å². The van der Waals surface area contributed by atoms with Gasteiger partial charge in [0.15, 0.2) is 5.78 Å². The molecule has 0 saturated heterocycles. The predicted octanol–water partition coefficient (Wildman–Crippen LogP) is 3.28. The van der Waals surface area contributed by atoms with Gasteiger partial charge in [0.1, 0.15) is 0 Å². The van der Waals surface area contributed by atoms with Crippen LogP contribution in [0.25, 0.3) is 0 Å². The SMILES string of the molecule is CCCc1ccc(C(=O)c2cc(C)nnc2C)cc1. The molecule has 0 saturated carbocycles. The van der Waals surface area contributed by atoms with E-state index in [1.165, 1.54) is 5.56 Å². The third-order valence-corrected chi connectivity index (χ3v) is 3.10. The largest absolute Gasteiger partial charge is 0.289 e. The normalized spacial score (nSPS) is 10.5. The number of benzene rings is 1. The predicted molar refractivity (Wildman–Crippen MR) is 75.4 cm³/mol. The highest BCUT2D eigenvalue weighted by molar-refractivity contribution is 6.09. The maximum absolute atomic E-state index is 12.4. The van der Waals surface area contributed by atoms with Crippen LogP contribution < -0.4 is 0 Å². The van der Waals surface area contributed by atoms with Gasteiger partial charge in [0.2, 0.25) is 0 Å². The number of carbonyl (C=O) groups excluding carboxylic acids is 1. The van der Waals surface area contributed by atoms with E-state index in [9.17, 15) is 4.79 Å². The van der Waals surface area contributed by atoms with Gasteiger partial charge >= 0.3 is 0 Å². The van der Waals surface area contributed by atoms with E-state index in [0.717, 1.165) is 18.5 Å². The maximum atomic E-state index is 12.4. The van der Waals surface area contributed by atoms with E-state index in [4.69, 9.17) is 0 Å². The Kier molecular flexibility index (Phi) is 4.05. The summed E-state index contributed by atoms with van der Waals surface area (Å²) < 4.78 is 0. The van der Waals surface area contributed by atoms with Gasteiger partial charge in [-0.1, -0.05) is 37.6 Å². The minimum atomic E-state index is 0.0125. The van der Waals surface area contributed by atoms with Crippen molar-refractivity contribution in [2.24, 2.45) is 0 Å². The Bertz CT molecular complexity index is 588. The fraction of sp³-hybridized carbons (Fsp3) is 0.312. The highest BCUT2D eigenvalue weighted by Gasteiger charge is 2.13. The van der Waals surface area contributed by atoms with Crippen molar-refractivity contribution in [3.63, 3.8) is 0 Å². The Labute approximate surface area is 113 Å². The second kappa shape index (κ2) is 5.74. The molecule has 1 aromatic heterocycles. The van der Waals surface area contributed by atoms with Crippen molar-refractivity contribution in [2.75, 3.05) is 0 Å². The standard InChI is InChI=1S/C16H18N2O/c1-4-5-13-6-8-14(9-7-13)16(19)15-10-11(2)17-18-12(15)3/h6-10H,4-5H2,1-3H3. The summed E-state index contributed by atoms with van der Waals surface area (Å²) in [5.74, 6) is 0.0125. The average Bonchev–Trinajstić information content (AvgIpc) is 2.42. The van der Waals surface area contributed by atoms with Gasteiger partial charge in [-0.3, -0.25) is 4.79 Å². The molecular formula is C16H18N2O. The Hall–Kier alpha value is -2.03. The van der Waals surface area contributed by atoms with E-state index < -0.39 is 0 Å². The highest BCUT2D eigenvalue weighted by Crippen LogP contribution is 2.14. The van der Waals surface area contributed by atoms with E-state index in [2.05, 4.69) is 17.1 Å². The Morgan fingerprint density at radius 2 is 1.79 bits per heavy atom. The molecule has 0 radical (unpaired) electrons. The highest BCUT2D eigenvalue weighted by atomic mass is 16.1. The van der Waals surface area contributed by atoms with Crippen LogP contribution in [0, 0.1) is 13.8 Å². The molecule has 0 aliphatic heterocycles. The van der Waals surface area contributed by atoms with Crippen LogP contribution in [0.2, 0.25) is 0 Å². The molecule has 0 aliphatic rings. The molecule has 19 heavy (non-hydrogen) atoms. The molecule has 0 spiro atoms. The first-order valence-corrected chi connectivity index (χ1v) is 6.56. The Balaban J connectivity index is 2.30. The summed E-state index contributed by atoms with van der Waals surface area (Å²) in [6.07, 6.45) is 2.16. The lowest BCUT2D eigenvalue weighted by Gasteiger charge is -2.06.